The fourth-order valence-electron chi connectivity index (χ4n) is 4.91. The van der Waals surface area contributed by atoms with E-state index in [1.54, 1.807) is 11.1 Å². The predicted molar refractivity (Wildman–Crippen MR) is 130 cm³/mol. The van der Waals surface area contributed by atoms with Crippen molar-refractivity contribution in [1.82, 2.24) is 0 Å². The molecule has 0 aromatic heterocycles. The molecule has 0 saturated carbocycles. The van der Waals surface area contributed by atoms with Crippen LogP contribution in [0.4, 0.5) is 0 Å². The van der Waals surface area contributed by atoms with Crippen molar-refractivity contribution >= 4 is 15.8 Å². The second-order valence-electron chi connectivity index (χ2n) is 9.12. The molecule has 1 aliphatic rings. The maximum absolute atomic E-state index is 2.44. The summed E-state index contributed by atoms with van der Waals surface area (Å²) in [5, 5.41) is 3.64. The van der Waals surface area contributed by atoms with Gasteiger partial charge in [0, 0.05) is 0 Å². The molecule has 0 nitrogen and oxygen atoms in total. The Balaban J connectivity index is 2.17. The van der Waals surface area contributed by atoms with Gasteiger partial charge < -0.3 is 0 Å². The molecular formula is C26H36P2. The summed E-state index contributed by atoms with van der Waals surface area (Å²) >= 11 is 0. The molecule has 3 rings (SSSR count). The monoisotopic (exact) mass is 410 g/mol. The number of hydrogen-bond donors (Lipinski definition) is 0. The van der Waals surface area contributed by atoms with E-state index in [1.165, 1.54) is 33.4 Å². The van der Waals surface area contributed by atoms with Gasteiger partial charge in [0.15, 0.2) is 0 Å². The lowest BCUT2D eigenvalue weighted by Crippen LogP contribution is -2.27. The normalized spacial score (nSPS) is 20.9. The second-order valence-corrected chi connectivity index (χ2v) is 15.2. The third-order valence-electron chi connectivity index (χ3n) is 5.75. The van der Waals surface area contributed by atoms with Crippen LogP contribution in [-0.2, 0) is 0 Å². The van der Waals surface area contributed by atoms with E-state index >= 15 is 0 Å². The predicted octanol–water partition coefficient (Wildman–Crippen LogP) is 8.71. The van der Waals surface area contributed by atoms with Crippen LogP contribution in [0.3, 0.4) is 0 Å². The summed E-state index contributed by atoms with van der Waals surface area (Å²) in [5.74, 6) is 0. The quantitative estimate of drug-likeness (QED) is 0.442. The standard InChI is InChI=1S/C26H36P2/c1-15(2)27-25(23-19(7)11-17(5)12-20(23)8)28(16(3)4)26(27)24-21(9)13-18(6)14-22(24)10/h11-16H,1-10H3. The SMILES string of the molecule is Cc1cc(C)c([C]2P(C(C)C)[C](c3c(C)cc(C)cc3C)P2C(C)C)c(C)c1. The maximum Gasteiger partial charge on any atom is 0.0560 e. The van der Waals surface area contributed by atoms with E-state index in [0.717, 1.165) is 0 Å². The van der Waals surface area contributed by atoms with Gasteiger partial charge in [-0.2, -0.15) is 0 Å². The largest absolute Gasteiger partial charge is 0.0695 e. The lowest BCUT2D eigenvalue weighted by atomic mass is 10.0. The zero-order valence-corrected chi connectivity index (χ0v) is 21.1. The molecule has 1 fully saturated rings. The minimum Gasteiger partial charge on any atom is -0.0695 e. The Morgan fingerprint density at radius 2 is 0.750 bits per heavy atom. The van der Waals surface area contributed by atoms with Crippen molar-refractivity contribution in [2.75, 3.05) is 0 Å². The summed E-state index contributed by atoms with van der Waals surface area (Å²) in [6.45, 7) is 23.5. The molecule has 0 spiro atoms. The van der Waals surface area contributed by atoms with E-state index in [4.69, 9.17) is 0 Å². The molecule has 0 aliphatic carbocycles. The fraction of sp³-hybridized carbons (Fsp3) is 0.462. The Morgan fingerprint density at radius 3 is 0.964 bits per heavy atom. The van der Waals surface area contributed by atoms with E-state index in [1.807, 2.05) is 10.8 Å². The first-order valence-electron chi connectivity index (χ1n) is 10.5. The van der Waals surface area contributed by atoms with Gasteiger partial charge in [0.1, 0.15) is 0 Å². The van der Waals surface area contributed by atoms with E-state index in [0.29, 0.717) is 11.3 Å². The number of benzene rings is 2. The van der Waals surface area contributed by atoms with Crippen molar-refractivity contribution in [3.63, 3.8) is 0 Å². The van der Waals surface area contributed by atoms with Crippen LogP contribution in [0.2, 0.25) is 0 Å². The Kier molecular flexibility index (Phi) is 6.44. The van der Waals surface area contributed by atoms with Gasteiger partial charge in [0.2, 0.25) is 0 Å². The molecule has 2 heteroatoms. The average Bonchev–Trinajstić information content (AvgIpc) is 2.49. The molecule has 0 unspecified atom stereocenters. The molecule has 1 saturated heterocycles. The molecule has 2 radical (unpaired) electrons. The van der Waals surface area contributed by atoms with Crippen molar-refractivity contribution < 1.29 is 0 Å². The Morgan fingerprint density at radius 1 is 0.500 bits per heavy atom. The van der Waals surface area contributed by atoms with E-state index in [2.05, 4.69) is 93.5 Å². The Labute approximate surface area is 176 Å². The van der Waals surface area contributed by atoms with Gasteiger partial charge in [0.05, 0.1) is 10.8 Å². The van der Waals surface area contributed by atoms with Crippen LogP contribution >= 0.6 is 15.8 Å². The van der Waals surface area contributed by atoms with Gasteiger partial charge in [-0.15, -0.1) is 0 Å². The summed E-state index contributed by atoms with van der Waals surface area (Å²) < 4.78 is 0. The molecule has 1 aliphatic heterocycles. The minimum absolute atomic E-state index is 0.230. The van der Waals surface area contributed by atoms with Gasteiger partial charge in [0.25, 0.3) is 0 Å². The van der Waals surface area contributed by atoms with E-state index in [9.17, 15) is 0 Å². The summed E-state index contributed by atoms with van der Waals surface area (Å²) in [5.41, 5.74) is 13.3. The summed E-state index contributed by atoms with van der Waals surface area (Å²) in [4.78, 5) is 0. The van der Waals surface area contributed by atoms with Crippen LogP contribution in [0.5, 0.6) is 0 Å². The highest BCUT2D eigenvalue weighted by atomic mass is 31.2. The average molecular weight is 411 g/mol. The van der Waals surface area contributed by atoms with E-state index in [-0.39, 0.29) is 15.8 Å². The summed E-state index contributed by atoms with van der Waals surface area (Å²) in [6, 6.07) is 9.55. The van der Waals surface area contributed by atoms with Crippen molar-refractivity contribution in [2.24, 2.45) is 0 Å². The number of hydrogen-bond acceptors (Lipinski definition) is 0. The molecule has 2 aromatic carbocycles. The zero-order chi connectivity index (χ0) is 20.9. The third kappa shape index (κ3) is 3.73. The van der Waals surface area contributed by atoms with E-state index < -0.39 is 0 Å². The topological polar surface area (TPSA) is 0 Å². The van der Waals surface area contributed by atoms with Crippen LogP contribution in [0, 0.1) is 52.3 Å². The first-order valence-corrected chi connectivity index (χ1v) is 13.4. The van der Waals surface area contributed by atoms with Gasteiger partial charge in [-0.25, -0.2) is 0 Å². The van der Waals surface area contributed by atoms with Crippen molar-refractivity contribution in [3.05, 3.63) is 79.6 Å². The molecule has 0 atom stereocenters. The molecule has 150 valence electrons. The van der Waals surface area contributed by atoms with Gasteiger partial charge in [-0.3, -0.25) is 0 Å². The van der Waals surface area contributed by atoms with Gasteiger partial charge in [-0.05, 0) is 86.2 Å². The van der Waals surface area contributed by atoms with Crippen LogP contribution in [0.25, 0.3) is 0 Å². The summed E-state index contributed by atoms with van der Waals surface area (Å²) in [6.07, 6.45) is 0. The van der Waals surface area contributed by atoms with Gasteiger partial charge >= 0.3 is 0 Å². The molecule has 0 N–H and O–H groups in total. The van der Waals surface area contributed by atoms with Gasteiger partial charge in [-0.1, -0.05) is 78.9 Å². The van der Waals surface area contributed by atoms with Crippen LogP contribution < -0.4 is 0 Å². The Hall–Kier alpha value is -0.700. The van der Waals surface area contributed by atoms with Crippen molar-refractivity contribution in [3.8, 4) is 0 Å². The first-order chi connectivity index (χ1) is 13.0. The highest BCUT2D eigenvalue weighted by molar-refractivity contribution is 8.01. The smallest absolute Gasteiger partial charge is 0.0560 e. The Bertz CT molecular complexity index is 750. The molecule has 0 bridgehead atoms. The molecular weight excluding hydrogens is 374 g/mol. The van der Waals surface area contributed by atoms with Crippen LogP contribution in [-0.4, -0.2) is 11.3 Å². The molecule has 0 amide bonds. The highest BCUT2D eigenvalue weighted by Crippen LogP contribution is 2.95. The zero-order valence-electron chi connectivity index (χ0n) is 19.4. The molecule has 2 aromatic rings. The minimum atomic E-state index is -0.230. The van der Waals surface area contributed by atoms with Crippen molar-refractivity contribution in [1.29, 1.82) is 0 Å². The molecule has 1 heterocycles. The number of aryl methyl sites for hydroxylation is 6. The highest BCUT2D eigenvalue weighted by Gasteiger charge is 2.55. The van der Waals surface area contributed by atoms with Crippen LogP contribution in [0.15, 0.2) is 24.3 Å². The number of rotatable bonds is 4. The molecule has 28 heavy (non-hydrogen) atoms. The van der Waals surface area contributed by atoms with Crippen molar-refractivity contribution in [2.45, 2.75) is 80.6 Å². The fourth-order valence-corrected chi connectivity index (χ4v) is 14.8. The lowest BCUT2D eigenvalue weighted by Gasteiger charge is -2.57. The first kappa shape index (κ1) is 22.0. The third-order valence-corrected chi connectivity index (χ3v) is 13.1. The lowest BCUT2D eigenvalue weighted by molar-refractivity contribution is 1.05. The van der Waals surface area contributed by atoms with Crippen LogP contribution in [0.1, 0.15) is 72.2 Å². The maximum atomic E-state index is 2.44. The second kappa shape index (κ2) is 8.20. The summed E-state index contributed by atoms with van der Waals surface area (Å²) in [7, 11) is -0.460.